The number of carboxylic acids is 1. The van der Waals surface area contributed by atoms with Gasteiger partial charge in [-0.1, -0.05) is 0 Å². The highest BCUT2D eigenvalue weighted by molar-refractivity contribution is 6.07. The molecule has 21 heavy (non-hydrogen) atoms. The van der Waals surface area contributed by atoms with Gasteiger partial charge in [0, 0.05) is 16.7 Å². The van der Waals surface area contributed by atoms with Crippen LogP contribution in [0.5, 0.6) is 0 Å². The first-order chi connectivity index (χ1) is 9.44. The number of hydrogen-bond donors (Lipinski definition) is 4. The number of aliphatic carboxylic acids is 1. The van der Waals surface area contributed by atoms with E-state index in [1.807, 2.05) is 5.32 Å². The quantitative estimate of drug-likeness (QED) is 0.550. The molecule has 0 saturated heterocycles. The molecule has 4 amide bonds. The van der Waals surface area contributed by atoms with Gasteiger partial charge >= 0.3 is 12.0 Å². The number of rotatable bonds is 4. The van der Waals surface area contributed by atoms with Gasteiger partial charge in [0.2, 0.25) is 5.91 Å². The molecule has 0 unspecified atom stereocenters. The van der Waals surface area contributed by atoms with Crippen molar-refractivity contribution in [1.82, 2.24) is 16.0 Å². The molecule has 0 aromatic carbocycles. The van der Waals surface area contributed by atoms with Crippen LogP contribution in [0.4, 0.5) is 4.79 Å². The topological polar surface area (TPSA) is 125 Å². The van der Waals surface area contributed by atoms with Gasteiger partial charge in [0.25, 0.3) is 5.91 Å². The van der Waals surface area contributed by atoms with Crippen LogP contribution in [0.15, 0.2) is 11.1 Å². The van der Waals surface area contributed by atoms with Crippen molar-refractivity contribution in [3.63, 3.8) is 0 Å². The number of amides is 4. The van der Waals surface area contributed by atoms with Crippen molar-refractivity contribution in [3.8, 4) is 0 Å². The lowest BCUT2D eigenvalue weighted by Gasteiger charge is -2.20. The Kier molecular flexibility index (Phi) is 6.57. The lowest BCUT2D eigenvalue weighted by atomic mass is 10.1. The second-order valence-corrected chi connectivity index (χ2v) is 5.49. The van der Waals surface area contributed by atoms with E-state index < -0.39 is 29.4 Å². The molecule has 0 aliphatic rings. The summed E-state index contributed by atoms with van der Waals surface area (Å²) in [5.74, 6) is -2.48. The van der Waals surface area contributed by atoms with Crippen molar-refractivity contribution in [3.05, 3.63) is 11.1 Å². The maximum absolute atomic E-state index is 11.6. The molecule has 0 fully saturated rings. The smallest absolute Gasteiger partial charge is 0.331 e. The summed E-state index contributed by atoms with van der Waals surface area (Å²) in [5, 5.41) is 15.5. The Morgan fingerprint density at radius 1 is 1.00 bits per heavy atom. The minimum atomic E-state index is -1.24. The fourth-order valence-electron chi connectivity index (χ4n) is 1.19. The molecule has 0 spiro atoms. The molecule has 0 aliphatic carbocycles. The third-order valence-electron chi connectivity index (χ3n) is 2.37. The predicted octanol–water partition coefficient (Wildman–Crippen LogP) is 0.148. The summed E-state index contributed by atoms with van der Waals surface area (Å²) in [4.78, 5) is 45.1. The zero-order valence-electron chi connectivity index (χ0n) is 12.8. The number of carboxylic acid groups (broad SMARTS) is 1. The predicted molar refractivity (Wildman–Crippen MR) is 75.4 cm³/mol. The van der Waals surface area contributed by atoms with Crippen LogP contribution >= 0.6 is 0 Å². The first-order valence-electron chi connectivity index (χ1n) is 6.25. The van der Waals surface area contributed by atoms with Crippen LogP contribution in [0.3, 0.4) is 0 Å². The van der Waals surface area contributed by atoms with Crippen molar-refractivity contribution >= 4 is 23.8 Å². The summed E-state index contributed by atoms with van der Waals surface area (Å²) in [7, 11) is 0. The SMILES string of the molecule is CC(C(=O)O)=C(C)C(=O)NC(=O)NCC(=O)NC(C)(C)C. The molecular weight excluding hydrogens is 278 g/mol. The van der Waals surface area contributed by atoms with E-state index in [0.29, 0.717) is 0 Å². The van der Waals surface area contributed by atoms with Gasteiger partial charge in [-0.2, -0.15) is 0 Å². The first kappa shape index (κ1) is 18.6. The Balaban J connectivity index is 4.40. The summed E-state index contributed by atoms with van der Waals surface area (Å²) in [5.41, 5.74) is -0.675. The fourth-order valence-corrected chi connectivity index (χ4v) is 1.19. The molecular formula is C13H21N3O5. The third kappa shape index (κ3) is 7.71. The highest BCUT2D eigenvalue weighted by atomic mass is 16.4. The molecule has 0 aromatic heterocycles. The van der Waals surface area contributed by atoms with E-state index >= 15 is 0 Å². The van der Waals surface area contributed by atoms with E-state index in [-0.39, 0.29) is 17.7 Å². The van der Waals surface area contributed by atoms with Gasteiger partial charge < -0.3 is 15.7 Å². The minimum absolute atomic E-state index is 0.0863. The number of nitrogens with one attached hydrogen (secondary N) is 3. The minimum Gasteiger partial charge on any atom is -0.478 e. The second kappa shape index (κ2) is 7.41. The van der Waals surface area contributed by atoms with Crippen molar-refractivity contribution in [2.24, 2.45) is 0 Å². The summed E-state index contributed by atoms with van der Waals surface area (Å²) < 4.78 is 0. The second-order valence-electron chi connectivity index (χ2n) is 5.49. The van der Waals surface area contributed by atoms with Gasteiger partial charge in [0.15, 0.2) is 0 Å². The largest absolute Gasteiger partial charge is 0.478 e. The molecule has 0 aromatic rings. The van der Waals surface area contributed by atoms with Crippen molar-refractivity contribution in [2.75, 3.05) is 6.54 Å². The average Bonchev–Trinajstić information content (AvgIpc) is 2.32. The van der Waals surface area contributed by atoms with Crippen LogP contribution < -0.4 is 16.0 Å². The van der Waals surface area contributed by atoms with Crippen molar-refractivity contribution in [2.45, 2.75) is 40.2 Å². The molecule has 0 rings (SSSR count). The maximum atomic E-state index is 11.6. The molecule has 8 nitrogen and oxygen atoms in total. The van der Waals surface area contributed by atoms with Gasteiger partial charge in [-0.15, -0.1) is 0 Å². The maximum Gasteiger partial charge on any atom is 0.331 e. The monoisotopic (exact) mass is 299 g/mol. The fraction of sp³-hybridized carbons (Fsp3) is 0.538. The van der Waals surface area contributed by atoms with Crippen LogP contribution in [0.1, 0.15) is 34.6 Å². The summed E-state index contributed by atoms with van der Waals surface area (Å²) in [6.45, 7) is 7.62. The molecule has 0 heterocycles. The normalized spacial score (nSPS) is 12.0. The van der Waals surface area contributed by atoms with Crippen molar-refractivity contribution in [1.29, 1.82) is 0 Å². The van der Waals surface area contributed by atoms with E-state index in [1.54, 1.807) is 20.8 Å². The zero-order chi connectivity index (χ0) is 16.8. The van der Waals surface area contributed by atoms with Gasteiger partial charge in [0.1, 0.15) is 0 Å². The van der Waals surface area contributed by atoms with Crippen LogP contribution in [0.2, 0.25) is 0 Å². The Labute approximate surface area is 123 Å². The number of hydrogen-bond acceptors (Lipinski definition) is 4. The molecule has 118 valence electrons. The van der Waals surface area contributed by atoms with Crippen LogP contribution in [0.25, 0.3) is 0 Å². The molecule has 0 bridgehead atoms. The Morgan fingerprint density at radius 2 is 1.52 bits per heavy atom. The van der Waals surface area contributed by atoms with E-state index in [9.17, 15) is 19.2 Å². The molecule has 0 atom stereocenters. The number of carbonyl (C=O) groups excluding carboxylic acids is 3. The third-order valence-corrected chi connectivity index (χ3v) is 2.37. The molecule has 4 N–H and O–H groups in total. The summed E-state index contributed by atoms with van der Waals surface area (Å²) in [6, 6.07) is -0.874. The number of urea groups is 1. The summed E-state index contributed by atoms with van der Waals surface area (Å²) >= 11 is 0. The van der Waals surface area contributed by atoms with E-state index in [4.69, 9.17) is 5.11 Å². The standard InChI is InChI=1S/C13H21N3O5/c1-7(8(2)11(19)20)10(18)15-12(21)14-6-9(17)16-13(3,4)5/h6H2,1-5H3,(H,16,17)(H,19,20)(H2,14,15,18,21). The first-order valence-corrected chi connectivity index (χ1v) is 6.25. The number of imide groups is 1. The highest BCUT2D eigenvalue weighted by Crippen LogP contribution is 2.03. The molecule has 0 saturated carbocycles. The van der Waals surface area contributed by atoms with Gasteiger partial charge in [-0.25, -0.2) is 9.59 Å². The van der Waals surface area contributed by atoms with Crippen molar-refractivity contribution < 1.29 is 24.3 Å². The van der Waals surface area contributed by atoms with E-state index in [1.165, 1.54) is 13.8 Å². The van der Waals surface area contributed by atoms with E-state index in [2.05, 4.69) is 10.6 Å². The molecule has 8 heteroatoms. The Hall–Kier alpha value is -2.38. The highest BCUT2D eigenvalue weighted by Gasteiger charge is 2.17. The molecule has 0 radical (unpaired) electrons. The summed E-state index contributed by atoms with van der Waals surface area (Å²) in [6.07, 6.45) is 0. The van der Waals surface area contributed by atoms with Gasteiger partial charge in [0.05, 0.1) is 6.54 Å². The lowest BCUT2D eigenvalue weighted by molar-refractivity contribution is -0.133. The van der Waals surface area contributed by atoms with Gasteiger partial charge in [-0.05, 0) is 34.6 Å². The van der Waals surface area contributed by atoms with Crippen LogP contribution in [0, 0.1) is 0 Å². The Bertz CT molecular complexity index is 489. The number of carbonyl (C=O) groups is 4. The molecule has 0 aliphatic heterocycles. The Morgan fingerprint density at radius 3 is 1.95 bits per heavy atom. The van der Waals surface area contributed by atoms with Gasteiger partial charge in [-0.3, -0.25) is 14.9 Å². The lowest BCUT2D eigenvalue weighted by Crippen LogP contribution is -2.48. The average molecular weight is 299 g/mol. The van der Waals surface area contributed by atoms with Crippen LogP contribution in [-0.4, -0.2) is 41.0 Å². The van der Waals surface area contributed by atoms with Crippen LogP contribution in [-0.2, 0) is 14.4 Å². The van der Waals surface area contributed by atoms with E-state index in [0.717, 1.165) is 0 Å². The zero-order valence-corrected chi connectivity index (χ0v) is 12.8.